The summed E-state index contributed by atoms with van der Waals surface area (Å²) >= 11 is 0. The monoisotopic (exact) mass is 274 g/mol. The van der Waals surface area contributed by atoms with Crippen molar-refractivity contribution in [1.29, 1.82) is 0 Å². The molecule has 2 atom stereocenters. The van der Waals surface area contributed by atoms with Crippen LogP contribution in [0.4, 0.5) is 0 Å². The van der Waals surface area contributed by atoms with Gasteiger partial charge in [0.05, 0.1) is 18.3 Å². The fourth-order valence-corrected chi connectivity index (χ4v) is 2.81. The van der Waals surface area contributed by atoms with Crippen molar-refractivity contribution >= 4 is 7.12 Å². The smallest absolute Gasteiger partial charge is 0.461 e. The summed E-state index contributed by atoms with van der Waals surface area (Å²) < 4.78 is 17.5. The normalized spacial score (nSPS) is 30.4. The third-order valence-electron chi connectivity index (χ3n) is 5.00. The van der Waals surface area contributed by atoms with Crippen LogP contribution < -0.4 is 4.74 Å². The predicted octanol–water partition coefficient (Wildman–Crippen LogP) is 3.64. The first-order valence-electron chi connectivity index (χ1n) is 7.34. The molecule has 0 N–H and O–H groups in total. The molecular weight excluding hydrogens is 251 g/mol. The van der Waals surface area contributed by atoms with Crippen LogP contribution in [-0.4, -0.2) is 25.4 Å². The summed E-state index contributed by atoms with van der Waals surface area (Å²) in [5, 5.41) is 0. The zero-order valence-electron chi connectivity index (χ0n) is 13.0. The van der Waals surface area contributed by atoms with Gasteiger partial charge in [0.2, 0.25) is 0 Å². The van der Waals surface area contributed by atoms with E-state index in [2.05, 4.69) is 39.8 Å². The lowest BCUT2D eigenvalue weighted by atomic mass is 9.79. The van der Waals surface area contributed by atoms with Crippen LogP contribution in [0.1, 0.15) is 45.6 Å². The fraction of sp³-hybridized carbons (Fsp3) is 0.625. The molecule has 3 nitrogen and oxygen atoms in total. The van der Waals surface area contributed by atoms with Crippen LogP contribution >= 0.6 is 0 Å². The molecule has 1 aliphatic carbocycles. The van der Waals surface area contributed by atoms with E-state index < -0.39 is 0 Å². The van der Waals surface area contributed by atoms with Crippen molar-refractivity contribution in [3.8, 4) is 5.75 Å². The van der Waals surface area contributed by atoms with Gasteiger partial charge in [0.25, 0.3) is 0 Å². The van der Waals surface area contributed by atoms with Crippen molar-refractivity contribution in [1.82, 2.24) is 0 Å². The molecule has 1 saturated carbocycles. The quantitative estimate of drug-likeness (QED) is 0.787. The number of methoxy groups -OCH3 is 1. The molecule has 0 amide bonds. The molecular formula is C16H23BO3. The van der Waals surface area contributed by atoms with E-state index in [1.165, 1.54) is 5.56 Å². The third kappa shape index (κ3) is 2.25. The molecule has 1 aromatic rings. The fourth-order valence-electron chi connectivity index (χ4n) is 2.81. The van der Waals surface area contributed by atoms with E-state index in [0.29, 0.717) is 11.7 Å². The highest BCUT2D eigenvalue weighted by Crippen LogP contribution is 2.58. The topological polar surface area (TPSA) is 27.7 Å². The highest BCUT2D eigenvalue weighted by Gasteiger charge is 2.59. The van der Waals surface area contributed by atoms with E-state index in [-0.39, 0.29) is 18.3 Å². The summed E-state index contributed by atoms with van der Waals surface area (Å²) in [4.78, 5) is 0. The molecule has 4 heteroatoms. The van der Waals surface area contributed by atoms with Crippen molar-refractivity contribution in [2.45, 2.75) is 57.1 Å². The van der Waals surface area contributed by atoms with Gasteiger partial charge in [-0.05, 0) is 57.7 Å². The first-order chi connectivity index (χ1) is 9.34. The Morgan fingerprint density at radius 3 is 2.10 bits per heavy atom. The van der Waals surface area contributed by atoms with Crippen LogP contribution in [0.25, 0.3) is 0 Å². The number of hydrogen-bond acceptors (Lipinski definition) is 3. The maximum atomic E-state index is 6.14. The Morgan fingerprint density at radius 1 is 1.05 bits per heavy atom. The zero-order chi connectivity index (χ0) is 14.5. The summed E-state index contributed by atoms with van der Waals surface area (Å²) in [6.45, 7) is 8.44. The second-order valence-electron chi connectivity index (χ2n) is 6.90. The van der Waals surface area contributed by atoms with Crippen LogP contribution in [0.3, 0.4) is 0 Å². The minimum atomic E-state index is -0.231. The van der Waals surface area contributed by atoms with E-state index in [1.807, 2.05) is 12.1 Å². The molecule has 20 heavy (non-hydrogen) atoms. The summed E-state index contributed by atoms with van der Waals surface area (Å²) in [5.74, 6) is 1.93. The minimum absolute atomic E-state index is 0.0768. The molecule has 0 aromatic heterocycles. The van der Waals surface area contributed by atoms with Crippen LogP contribution in [0.15, 0.2) is 24.3 Å². The number of rotatable bonds is 3. The predicted molar refractivity (Wildman–Crippen MR) is 80.2 cm³/mol. The molecule has 0 radical (unpaired) electrons. The zero-order valence-corrected chi connectivity index (χ0v) is 13.0. The summed E-state index contributed by atoms with van der Waals surface area (Å²) in [6.07, 6.45) is 1.14. The van der Waals surface area contributed by atoms with Crippen LogP contribution in [0, 0.1) is 0 Å². The van der Waals surface area contributed by atoms with Crippen LogP contribution in [0.5, 0.6) is 5.75 Å². The summed E-state index contributed by atoms with van der Waals surface area (Å²) in [5.41, 5.74) is 0.889. The standard InChI is InChI=1S/C16H23BO3/c1-15(2)16(3,4)20-17(19-15)14-10-13(14)11-6-8-12(18-5)9-7-11/h6-9,13-14H,10H2,1-5H3/t13-,14+/m0/s1. The maximum absolute atomic E-state index is 6.14. The molecule has 0 unspecified atom stereocenters. The highest BCUT2D eigenvalue weighted by atomic mass is 16.7. The van der Waals surface area contributed by atoms with E-state index in [1.54, 1.807) is 7.11 Å². The van der Waals surface area contributed by atoms with Gasteiger partial charge in [0.15, 0.2) is 0 Å². The lowest BCUT2D eigenvalue weighted by Crippen LogP contribution is -2.41. The van der Waals surface area contributed by atoms with Gasteiger partial charge in [-0.2, -0.15) is 0 Å². The molecule has 1 heterocycles. The molecule has 0 spiro atoms. The molecule has 3 rings (SSSR count). The molecule has 1 aliphatic heterocycles. The Labute approximate surface area is 121 Å². The van der Waals surface area contributed by atoms with Crippen molar-refractivity contribution in [2.75, 3.05) is 7.11 Å². The van der Waals surface area contributed by atoms with Gasteiger partial charge >= 0.3 is 7.12 Å². The summed E-state index contributed by atoms with van der Waals surface area (Å²) in [7, 11) is 1.62. The number of benzene rings is 1. The first-order valence-corrected chi connectivity index (χ1v) is 7.34. The first kappa shape index (κ1) is 14.0. The minimum Gasteiger partial charge on any atom is -0.497 e. The maximum Gasteiger partial charge on any atom is 0.461 e. The molecule has 108 valence electrons. The second kappa shape index (κ2) is 4.50. The van der Waals surface area contributed by atoms with Crippen LogP contribution in [-0.2, 0) is 9.31 Å². The molecule has 1 aromatic carbocycles. The highest BCUT2D eigenvalue weighted by molar-refractivity contribution is 6.49. The van der Waals surface area contributed by atoms with E-state index in [9.17, 15) is 0 Å². The average Bonchev–Trinajstić information content (AvgIpc) is 3.13. The Balaban J connectivity index is 1.68. The SMILES string of the molecule is COc1ccc([C@@H]2C[C@H]2B2OC(C)(C)C(C)(C)O2)cc1. The lowest BCUT2D eigenvalue weighted by Gasteiger charge is -2.32. The lowest BCUT2D eigenvalue weighted by molar-refractivity contribution is 0.00578. The van der Waals surface area contributed by atoms with Gasteiger partial charge < -0.3 is 14.0 Å². The van der Waals surface area contributed by atoms with E-state index >= 15 is 0 Å². The van der Waals surface area contributed by atoms with Crippen molar-refractivity contribution in [3.05, 3.63) is 29.8 Å². The van der Waals surface area contributed by atoms with E-state index in [0.717, 1.165) is 12.2 Å². The number of ether oxygens (including phenoxy) is 1. The average molecular weight is 274 g/mol. The van der Waals surface area contributed by atoms with Gasteiger partial charge in [-0.1, -0.05) is 12.1 Å². The molecule has 2 fully saturated rings. The van der Waals surface area contributed by atoms with Gasteiger partial charge in [0, 0.05) is 5.82 Å². The number of hydrogen-bond donors (Lipinski definition) is 0. The molecule has 1 saturated heterocycles. The van der Waals surface area contributed by atoms with Crippen molar-refractivity contribution in [3.63, 3.8) is 0 Å². The Bertz CT molecular complexity index is 479. The van der Waals surface area contributed by atoms with Crippen LogP contribution in [0.2, 0.25) is 5.82 Å². The van der Waals surface area contributed by atoms with E-state index in [4.69, 9.17) is 14.0 Å². The summed E-state index contributed by atoms with van der Waals surface area (Å²) in [6, 6.07) is 8.34. The van der Waals surface area contributed by atoms with Crippen molar-refractivity contribution in [2.24, 2.45) is 0 Å². The van der Waals surface area contributed by atoms with Gasteiger partial charge in [0.1, 0.15) is 5.75 Å². The Hall–Kier alpha value is -0.995. The Morgan fingerprint density at radius 2 is 1.60 bits per heavy atom. The van der Waals surface area contributed by atoms with Gasteiger partial charge in [-0.3, -0.25) is 0 Å². The Kier molecular flexibility index (Phi) is 3.14. The largest absolute Gasteiger partial charge is 0.497 e. The van der Waals surface area contributed by atoms with Gasteiger partial charge in [-0.15, -0.1) is 0 Å². The molecule has 2 aliphatic rings. The second-order valence-corrected chi connectivity index (χ2v) is 6.90. The van der Waals surface area contributed by atoms with Crippen molar-refractivity contribution < 1.29 is 14.0 Å². The molecule has 0 bridgehead atoms. The van der Waals surface area contributed by atoms with Gasteiger partial charge in [-0.25, -0.2) is 0 Å². The third-order valence-corrected chi connectivity index (χ3v) is 5.00.